The molecule has 224 valence electrons. The number of hydrogen-bond donors (Lipinski definition) is 1. The molecule has 0 bridgehead atoms. The van der Waals surface area contributed by atoms with Crippen LogP contribution >= 0.6 is 39.1 Å². The van der Waals surface area contributed by atoms with Gasteiger partial charge < -0.3 is 9.84 Å². The first kappa shape index (κ1) is 29.1. The van der Waals surface area contributed by atoms with Gasteiger partial charge in [-0.3, -0.25) is 29.0 Å². The van der Waals surface area contributed by atoms with Crippen molar-refractivity contribution in [2.75, 3.05) is 16.9 Å². The second-order valence-electron chi connectivity index (χ2n) is 11.5. The number of nitrogens with zero attached hydrogens (tertiary/aromatic N) is 2. The molecule has 0 unspecified atom stereocenters. The Morgan fingerprint density at radius 1 is 0.773 bits per heavy atom. The van der Waals surface area contributed by atoms with Crippen molar-refractivity contribution in [3.05, 3.63) is 92.4 Å². The fourth-order valence-electron chi connectivity index (χ4n) is 7.61. The molecule has 2 heterocycles. The summed E-state index contributed by atoms with van der Waals surface area (Å²) in [6.07, 6.45) is 2.43. The number of aromatic hydroxyl groups is 1. The summed E-state index contributed by atoms with van der Waals surface area (Å²) in [4.78, 5) is 58.5. The van der Waals surface area contributed by atoms with Gasteiger partial charge in [0.1, 0.15) is 0 Å². The minimum absolute atomic E-state index is 0.148. The van der Waals surface area contributed by atoms with Gasteiger partial charge in [-0.15, -0.1) is 0 Å². The Balaban J connectivity index is 1.37. The topological polar surface area (TPSA) is 104 Å². The fourth-order valence-corrected chi connectivity index (χ4v) is 8.32. The largest absolute Gasteiger partial charge is 0.504 e. The molecule has 2 aliphatic heterocycles. The molecular weight excluding hydrogens is 671 g/mol. The van der Waals surface area contributed by atoms with Crippen LogP contribution in [0.1, 0.15) is 24.3 Å². The number of ether oxygens (including phenoxy) is 1. The molecule has 0 spiro atoms. The molecule has 3 aromatic rings. The maximum absolute atomic E-state index is 14.2. The molecule has 0 aromatic heterocycles. The number of carbonyl (C=O) groups is 4. The van der Waals surface area contributed by atoms with Gasteiger partial charge >= 0.3 is 0 Å². The van der Waals surface area contributed by atoms with Gasteiger partial charge in [0.05, 0.1) is 42.2 Å². The number of amides is 4. The monoisotopic (exact) mass is 694 g/mol. The van der Waals surface area contributed by atoms with E-state index in [9.17, 15) is 24.3 Å². The molecule has 4 amide bonds. The van der Waals surface area contributed by atoms with E-state index in [4.69, 9.17) is 27.9 Å². The third-order valence-electron chi connectivity index (χ3n) is 9.44. The average molecular weight is 696 g/mol. The molecule has 3 aromatic carbocycles. The third kappa shape index (κ3) is 4.31. The molecule has 1 N–H and O–H groups in total. The van der Waals surface area contributed by atoms with Crippen molar-refractivity contribution in [3.8, 4) is 11.5 Å². The normalized spacial score (nSPS) is 27.7. The SMILES string of the molecule is COc1cc(Br)cc([C@H]2C3=CC[C@@H]4C(=O)N(c5ccc(Cl)cc5)C(=O)[C@@H]4[C@@H]3C[C@H]3C(=O)N(c4ccc(Cl)cc4)C(=O)[C@@H]23)c1O. The maximum Gasteiger partial charge on any atom is 0.238 e. The predicted molar refractivity (Wildman–Crippen MR) is 168 cm³/mol. The van der Waals surface area contributed by atoms with Crippen molar-refractivity contribution in [3.63, 3.8) is 0 Å². The molecule has 6 atom stereocenters. The molecule has 3 fully saturated rings. The first-order valence-electron chi connectivity index (χ1n) is 14.1. The third-order valence-corrected chi connectivity index (χ3v) is 10.4. The van der Waals surface area contributed by atoms with Gasteiger partial charge in [0.15, 0.2) is 11.5 Å². The molecule has 7 rings (SSSR count). The summed E-state index contributed by atoms with van der Waals surface area (Å²) in [7, 11) is 1.43. The van der Waals surface area contributed by atoms with Crippen LogP contribution < -0.4 is 14.5 Å². The van der Waals surface area contributed by atoms with E-state index in [2.05, 4.69) is 15.9 Å². The van der Waals surface area contributed by atoms with Crippen LogP contribution in [0.2, 0.25) is 10.0 Å². The summed E-state index contributed by atoms with van der Waals surface area (Å²) >= 11 is 15.7. The first-order valence-corrected chi connectivity index (χ1v) is 15.7. The Bertz CT molecular complexity index is 1780. The number of allylic oxidation sites excluding steroid dienone is 2. The van der Waals surface area contributed by atoms with E-state index in [0.29, 0.717) is 31.5 Å². The van der Waals surface area contributed by atoms with E-state index in [0.717, 1.165) is 5.57 Å². The highest BCUT2D eigenvalue weighted by Gasteiger charge is 2.62. The number of phenols is 1. The second-order valence-corrected chi connectivity index (χ2v) is 13.3. The molecule has 11 heteroatoms. The van der Waals surface area contributed by atoms with E-state index in [1.807, 2.05) is 6.08 Å². The average Bonchev–Trinajstić information content (AvgIpc) is 3.42. The number of halogens is 3. The molecule has 44 heavy (non-hydrogen) atoms. The molecule has 0 radical (unpaired) electrons. The van der Waals surface area contributed by atoms with Gasteiger partial charge in [-0.05, 0) is 79.4 Å². The van der Waals surface area contributed by atoms with E-state index >= 15 is 0 Å². The van der Waals surface area contributed by atoms with Gasteiger partial charge in [0.2, 0.25) is 23.6 Å². The number of anilines is 2. The van der Waals surface area contributed by atoms with E-state index in [1.54, 1.807) is 60.7 Å². The maximum atomic E-state index is 14.2. The van der Waals surface area contributed by atoms with Crippen molar-refractivity contribution >= 4 is 74.1 Å². The van der Waals surface area contributed by atoms with Crippen molar-refractivity contribution in [2.24, 2.45) is 29.6 Å². The van der Waals surface area contributed by atoms with Crippen LogP contribution in [0.5, 0.6) is 11.5 Å². The minimum Gasteiger partial charge on any atom is -0.504 e. The lowest BCUT2D eigenvalue weighted by Crippen LogP contribution is -2.43. The van der Waals surface area contributed by atoms with Crippen LogP contribution in [0.15, 0.2) is 76.8 Å². The molecule has 4 aliphatic rings. The van der Waals surface area contributed by atoms with Crippen LogP contribution in [0, 0.1) is 29.6 Å². The summed E-state index contributed by atoms with van der Waals surface area (Å²) in [5.41, 5.74) is 2.00. The quantitative estimate of drug-likeness (QED) is 0.246. The lowest BCUT2D eigenvalue weighted by Gasteiger charge is -2.44. The molecule has 8 nitrogen and oxygen atoms in total. The van der Waals surface area contributed by atoms with E-state index < -0.39 is 41.4 Å². The summed E-state index contributed by atoms with van der Waals surface area (Å²) in [6, 6.07) is 16.3. The van der Waals surface area contributed by atoms with Crippen LogP contribution in [0.25, 0.3) is 0 Å². The van der Waals surface area contributed by atoms with Gasteiger partial charge in [0.25, 0.3) is 0 Å². The zero-order chi connectivity index (χ0) is 31.0. The number of fused-ring (bicyclic) bond motifs is 4. The van der Waals surface area contributed by atoms with E-state index in [-0.39, 0.29) is 42.1 Å². The van der Waals surface area contributed by atoms with Gasteiger partial charge in [-0.1, -0.05) is 50.8 Å². The van der Waals surface area contributed by atoms with Crippen LogP contribution in [0.4, 0.5) is 11.4 Å². The molecular formula is C33H25BrCl2N2O6. The molecule has 2 aliphatic carbocycles. The number of hydrogen-bond acceptors (Lipinski definition) is 6. The van der Waals surface area contributed by atoms with E-state index in [1.165, 1.54) is 16.9 Å². The second kappa shape index (κ2) is 10.8. The Morgan fingerprint density at radius 3 is 1.89 bits per heavy atom. The lowest BCUT2D eigenvalue weighted by atomic mass is 9.57. The number of benzene rings is 3. The standard InChI is InChI=1S/C33H25BrCl2N2O6/c1-44-25-13-15(34)12-23(29(25)39)26-20-10-11-21-27(32(42)37(30(21)40)18-6-2-16(35)3-7-18)22(20)14-24-28(26)33(43)38(31(24)41)19-8-4-17(36)5-9-19/h2-10,12-13,21-22,24,26-28,39H,11,14H2,1H3/t21-,22+,24+,26+,27-,28+/m0/s1. The highest BCUT2D eigenvalue weighted by molar-refractivity contribution is 9.10. The van der Waals surface area contributed by atoms with Crippen molar-refractivity contribution in [1.82, 2.24) is 0 Å². The van der Waals surface area contributed by atoms with Crippen LogP contribution in [-0.2, 0) is 19.2 Å². The zero-order valence-corrected chi connectivity index (χ0v) is 26.3. The Morgan fingerprint density at radius 2 is 1.32 bits per heavy atom. The Labute approximate surface area is 271 Å². The number of phenolic OH excluding ortho intramolecular Hbond substituents is 1. The highest BCUT2D eigenvalue weighted by atomic mass is 79.9. The Kier molecular flexibility index (Phi) is 7.10. The summed E-state index contributed by atoms with van der Waals surface area (Å²) in [5, 5.41) is 12.3. The zero-order valence-electron chi connectivity index (χ0n) is 23.2. The van der Waals surface area contributed by atoms with Crippen molar-refractivity contribution in [2.45, 2.75) is 18.8 Å². The van der Waals surface area contributed by atoms with Crippen molar-refractivity contribution in [1.29, 1.82) is 0 Å². The van der Waals surface area contributed by atoms with Crippen molar-refractivity contribution < 1.29 is 29.0 Å². The van der Waals surface area contributed by atoms with Gasteiger partial charge in [0, 0.05) is 26.0 Å². The predicted octanol–water partition coefficient (Wildman–Crippen LogP) is 6.52. The number of carbonyl (C=O) groups excluding carboxylic acids is 4. The summed E-state index contributed by atoms with van der Waals surface area (Å²) < 4.78 is 6.05. The fraction of sp³-hybridized carbons (Fsp3) is 0.273. The minimum atomic E-state index is -0.846. The smallest absolute Gasteiger partial charge is 0.238 e. The van der Waals surface area contributed by atoms with Crippen LogP contribution in [0.3, 0.4) is 0 Å². The summed E-state index contributed by atoms with van der Waals surface area (Å²) in [6.45, 7) is 0. The first-order chi connectivity index (χ1) is 21.1. The van der Waals surface area contributed by atoms with Crippen LogP contribution in [-0.4, -0.2) is 35.8 Å². The number of methoxy groups -OCH3 is 1. The highest BCUT2D eigenvalue weighted by Crippen LogP contribution is 2.60. The lowest BCUT2D eigenvalue weighted by molar-refractivity contribution is -0.126. The molecule has 2 saturated heterocycles. The van der Waals surface area contributed by atoms with Gasteiger partial charge in [-0.2, -0.15) is 0 Å². The van der Waals surface area contributed by atoms with Gasteiger partial charge in [-0.25, -0.2) is 0 Å². The molecule has 1 saturated carbocycles. The Hall–Kier alpha value is -3.66. The number of imide groups is 2. The number of rotatable bonds is 4. The summed E-state index contributed by atoms with van der Waals surface area (Å²) in [5.74, 6) is -5.63.